The molecule has 2 bridgehead atoms. The van der Waals surface area contributed by atoms with Crippen molar-refractivity contribution in [2.75, 3.05) is 25.7 Å². The number of hydrogen-bond acceptors (Lipinski definition) is 11. The van der Waals surface area contributed by atoms with Crippen LogP contribution in [-0.4, -0.2) is 90.4 Å². The predicted molar refractivity (Wildman–Crippen MR) is 131 cm³/mol. The van der Waals surface area contributed by atoms with Gasteiger partial charge in [-0.05, 0) is 26.0 Å². The average molecular weight is 542 g/mol. The Kier molecular flexibility index (Phi) is 11.0. The highest BCUT2D eigenvalue weighted by Gasteiger charge is 2.28. The molecule has 1 aromatic rings. The highest BCUT2D eigenvalue weighted by molar-refractivity contribution is 8.76. The van der Waals surface area contributed by atoms with Crippen molar-refractivity contribution < 1.29 is 38.2 Å². The molecule has 4 amide bonds. The van der Waals surface area contributed by atoms with Gasteiger partial charge >= 0.3 is 11.9 Å². The second kappa shape index (κ2) is 13.7. The molecule has 0 spiro atoms. The summed E-state index contributed by atoms with van der Waals surface area (Å²) in [5.41, 5.74) is -0.279. The zero-order valence-corrected chi connectivity index (χ0v) is 21.6. The quantitative estimate of drug-likeness (QED) is 0.267. The van der Waals surface area contributed by atoms with Crippen molar-refractivity contribution in [3.05, 3.63) is 29.6 Å². The Morgan fingerprint density at radius 2 is 1.17 bits per heavy atom. The number of carbonyl (C=O) groups excluding carboxylic acids is 6. The van der Waals surface area contributed by atoms with Crippen LogP contribution in [0.15, 0.2) is 18.2 Å². The molecule has 4 N–H and O–H groups in total. The molecule has 0 unspecified atom stereocenters. The highest BCUT2D eigenvalue weighted by Crippen LogP contribution is 2.23. The van der Waals surface area contributed by atoms with Crippen LogP contribution in [0.4, 0.5) is 0 Å². The number of amides is 4. The zero-order valence-electron chi connectivity index (χ0n) is 20.0. The van der Waals surface area contributed by atoms with E-state index in [9.17, 15) is 28.8 Å². The first-order valence-electron chi connectivity index (χ1n) is 10.7. The molecule has 2 heterocycles. The van der Waals surface area contributed by atoms with Gasteiger partial charge in [0.15, 0.2) is 0 Å². The number of fused-ring (bicyclic) bond motifs is 2. The Bertz CT molecular complexity index is 949. The number of ether oxygens (including phenoxy) is 2. The monoisotopic (exact) mass is 541 g/mol. The minimum Gasteiger partial charge on any atom is -0.467 e. The van der Waals surface area contributed by atoms with E-state index in [0.717, 1.165) is 21.6 Å². The van der Waals surface area contributed by atoms with Crippen molar-refractivity contribution in [2.45, 2.75) is 38.0 Å². The summed E-state index contributed by atoms with van der Waals surface area (Å²) in [6.07, 6.45) is 0. The molecule has 0 radical (unpaired) electrons. The van der Waals surface area contributed by atoms with Crippen molar-refractivity contribution in [1.29, 1.82) is 0 Å². The minimum atomic E-state index is -1.05. The summed E-state index contributed by atoms with van der Waals surface area (Å²) in [6.45, 7) is 2.84. The van der Waals surface area contributed by atoms with Gasteiger partial charge in [-0.3, -0.25) is 19.2 Å². The summed E-state index contributed by atoms with van der Waals surface area (Å²) < 4.78 is 9.49. The van der Waals surface area contributed by atoms with Crippen LogP contribution in [0.3, 0.4) is 0 Å². The Balaban J connectivity index is 2.33. The maximum atomic E-state index is 12.6. The van der Waals surface area contributed by atoms with Gasteiger partial charge in [-0.25, -0.2) is 14.6 Å². The van der Waals surface area contributed by atoms with E-state index in [4.69, 9.17) is 9.47 Å². The summed E-state index contributed by atoms with van der Waals surface area (Å²) in [4.78, 5) is 78.8. The van der Waals surface area contributed by atoms with Crippen molar-refractivity contribution in [3.63, 3.8) is 0 Å². The Morgan fingerprint density at radius 3 is 1.53 bits per heavy atom. The van der Waals surface area contributed by atoms with E-state index in [2.05, 4.69) is 26.3 Å². The molecule has 1 aliphatic heterocycles. The third-order valence-corrected chi connectivity index (χ3v) is 7.28. The molecule has 196 valence electrons. The van der Waals surface area contributed by atoms with Gasteiger partial charge in [0.05, 0.1) is 14.2 Å². The molecule has 0 aromatic carbocycles. The average Bonchev–Trinajstić information content (AvgIpc) is 2.87. The van der Waals surface area contributed by atoms with Gasteiger partial charge in [-0.2, -0.15) is 0 Å². The molecule has 1 aliphatic rings. The van der Waals surface area contributed by atoms with Crippen LogP contribution in [0.25, 0.3) is 0 Å². The fraction of sp³-hybridized carbons (Fsp3) is 0.476. The molecule has 15 heteroatoms. The third-order valence-electron chi connectivity index (χ3n) is 4.85. The number of aromatic nitrogens is 1. The lowest BCUT2D eigenvalue weighted by Gasteiger charge is -2.20. The largest absolute Gasteiger partial charge is 0.467 e. The van der Waals surface area contributed by atoms with Crippen molar-refractivity contribution in [2.24, 2.45) is 0 Å². The molecular formula is C21H27N5O8S2. The lowest BCUT2D eigenvalue weighted by molar-refractivity contribution is -0.144. The van der Waals surface area contributed by atoms with E-state index >= 15 is 0 Å². The summed E-state index contributed by atoms with van der Waals surface area (Å²) in [5, 5.41) is 9.95. The number of nitrogens with one attached hydrogen (secondary N) is 4. The van der Waals surface area contributed by atoms with Crippen molar-refractivity contribution >= 4 is 57.2 Å². The van der Waals surface area contributed by atoms with Gasteiger partial charge in [0, 0.05) is 11.5 Å². The van der Waals surface area contributed by atoms with Crippen molar-refractivity contribution in [1.82, 2.24) is 26.3 Å². The number of rotatable bonds is 2. The number of pyridine rings is 1. The molecule has 0 aliphatic carbocycles. The summed E-state index contributed by atoms with van der Waals surface area (Å²) in [7, 11) is 4.64. The molecule has 0 fully saturated rings. The van der Waals surface area contributed by atoms with Crippen LogP contribution in [-0.2, 0) is 28.7 Å². The van der Waals surface area contributed by atoms with E-state index < -0.39 is 59.7 Å². The molecule has 4 atom stereocenters. The number of methoxy groups -OCH3 is 2. The summed E-state index contributed by atoms with van der Waals surface area (Å²) >= 11 is 0. The molecule has 13 nitrogen and oxygen atoms in total. The van der Waals surface area contributed by atoms with Gasteiger partial charge in [0.25, 0.3) is 11.8 Å². The highest BCUT2D eigenvalue weighted by atomic mass is 33.1. The lowest BCUT2D eigenvalue weighted by Crippen LogP contribution is -2.51. The molecule has 36 heavy (non-hydrogen) atoms. The van der Waals surface area contributed by atoms with Gasteiger partial charge < -0.3 is 30.7 Å². The maximum absolute atomic E-state index is 12.6. The normalized spacial score (nSPS) is 24.4. The molecule has 2 rings (SSSR count). The number of carbonyl (C=O) groups is 6. The van der Waals surface area contributed by atoms with E-state index in [-0.39, 0.29) is 22.9 Å². The van der Waals surface area contributed by atoms with Gasteiger partial charge in [-0.1, -0.05) is 27.7 Å². The first-order chi connectivity index (χ1) is 17.1. The second-order valence-electron chi connectivity index (χ2n) is 7.54. The number of esters is 2. The lowest BCUT2D eigenvalue weighted by atomic mass is 10.2. The smallest absolute Gasteiger partial charge is 0.329 e. The van der Waals surface area contributed by atoms with Gasteiger partial charge in [0.1, 0.15) is 35.6 Å². The van der Waals surface area contributed by atoms with E-state index in [1.165, 1.54) is 46.3 Å². The predicted octanol–water partition coefficient (Wildman–Crippen LogP) is -0.971. The zero-order chi connectivity index (χ0) is 26.8. The first-order valence-corrected chi connectivity index (χ1v) is 13.2. The second-order valence-corrected chi connectivity index (χ2v) is 10.1. The Hall–Kier alpha value is -3.33. The molecule has 0 saturated carbocycles. The van der Waals surface area contributed by atoms with Crippen LogP contribution in [0.5, 0.6) is 0 Å². The number of nitrogens with zero attached hydrogens (tertiary/aromatic N) is 1. The maximum Gasteiger partial charge on any atom is 0.329 e. The summed E-state index contributed by atoms with van der Waals surface area (Å²) in [6, 6.07) is -0.0672. The molecular weight excluding hydrogens is 514 g/mol. The third kappa shape index (κ3) is 8.12. The van der Waals surface area contributed by atoms with E-state index in [0.29, 0.717) is 0 Å². The minimum absolute atomic E-state index is 0.0711. The Labute approximate surface area is 215 Å². The first kappa shape index (κ1) is 28.9. The topological polar surface area (TPSA) is 182 Å². The molecule has 0 saturated heterocycles. The van der Waals surface area contributed by atoms with Crippen LogP contribution < -0.4 is 21.3 Å². The van der Waals surface area contributed by atoms with Crippen LogP contribution >= 0.6 is 21.6 Å². The van der Waals surface area contributed by atoms with Crippen LogP contribution in [0, 0.1) is 0 Å². The molecule has 1 aromatic heterocycles. The SMILES string of the molecule is COC(=O)[C@@H]1CSSC[C@@H](C(=O)OC)NC(=O)[C@H](C)NC(=O)c2cccc(n2)C(=O)N[C@@H](C)C(=O)N1. The van der Waals surface area contributed by atoms with Crippen LogP contribution in [0.1, 0.15) is 34.8 Å². The number of hydrogen-bond donors (Lipinski definition) is 4. The fourth-order valence-electron chi connectivity index (χ4n) is 2.81. The van der Waals surface area contributed by atoms with Crippen LogP contribution in [0.2, 0.25) is 0 Å². The Morgan fingerprint density at radius 1 is 0.778 bits per heavy atom. The van der Waals surface area contributed by atoms with E-state index in [1.807, 2.05) is 0 Å². The fourth-order valence-corrected chi connectivity index (χ4v) is 5.10. The standard InChI is InChI=1S/C21H27N5O8S2/c1-10-16(27)25-14(20(31)33-3)8-35-36-9-15(21(32)34-4)26-17(28)11(2)23-19(30)13-7-5-6-12(24-13)18(29)22-10/h5-7,10-11,14-15H,8-9H2,1-4H3,(H,22,29)(H,23,30)(H,25,27)(H,26,28)/t10-,11-,14-,15-/m0/s1. The van der Waals surface area contributed by atoms with Gasteiger partial charge in [-0.15, -0.1) is 0 Å². The van der Waals surface area contributed by atoms with Gasteiger partial charge in [0.2, 0.25) is 11.8 Å². The summed E-state index contributed by atoms with van der Waals surface area (Å²) in [5.74, 6) is -4.01. The van der Waals surface area contributed by atoms with E-state index in [1.54, 1.807) is 0 Å². The van der Waals surface area contributed by atoms with Crippen molar-refractivity contribution in [3.8, 4) is 0 Å².